The van der Waals surface area contributed by atoms with Gasteiger partial charge in [0.1, 0.15) is 5.78 Å². The molecular formula is C16H20ClNO2. The first kappa shape index (κ1) is 15.0. The fourth-order valence-corrected chi connectivity index (χ4v) is 2.83. The van der Waals surface area contributed by atoms with E-state index in [1.54, 1.807) is 11.0 Å². The average molecular weight is 294 g/mol. The number of piperidine rings is 1. The lowest BCUT2D eigenvalue weighted by Gasteiger charge is -2.33. The van der Waals surface area contributed by atoms with Gasteiger partial charge in [-0.25, -0.2) is 0 Å². The van der Waals surface area contributed by atoms with Crippen molar-refractivity contribution in [3.63, 3.8) is 0 Å². The van der Waals surface area contributed by atoms with Crippen molar-refractivity contribution in [1.82, 2.24) is 0 Å². The van der Waals surface area contributed by atoms with Crippen molar-refractivity contribution < 1.29 is 9.59 Å². The molecule has 1 heterocycles. The number of hydrogen-bond donors (Lipinski definition) is 0. The summed E-state index contributed by atoms with van der Waals surface area (Å²) in [6.45, 7) is 6.28. The van der Waals surface area contributed by atoms with Crippen LogP contribution in [-0.4, -0.2) is 18.2 Å². The van der Waals surface area contributed by atoms with E-state index in [9.17, 15) is 9.59 Å². The molecule has 1 aliphatic heterocycles. The molecule has 1 atom stereocenters. The van der Waals surface area contributed by atoms with E-state index in [4.69, 9.17) is 11.6 Å². The minimum Gasteiger partial charge on any atom is -0.310 e. The Bertz CT molecular complexity index is 539. The molecule has 1 aromatic carbocycles. The van der Waals surface area contributed by atoms with E-state index >= 15 is 0 Å². The summed E-state index contributed by atoms with van der Waals surface area (Å²) in [5.74, 6) is -0.705. The van der Waals surface area contributed by atoms with Crippen molar-refractivity contribution in [2.75, 3.05) is 11.4 Å². The van der Waals surface area contributed by atoms with Gasteiger partial charge in [0.15, 0.2) is 0 Å². The Morgan fingerprint density at radius 2 is 2.10 bits per heavy atom. The molecule has 0 radical (unpaired) electrons. The van der Waals surface area contributed by atoms with Crippen molar-refractivity contribution in [3.05, 3.63) is 28.8 Å². The number of halogens is 1. The van der Waals surface area contributed by atoms with Crippen LogP contribution in [0, 0.1) is 18.8 Å². The molecule has 0 bridgehead atoms. The number of nitrogens with zero attached hydrogens (tertiary/aromatic N) is 1. The van der Waals surface area contributed by atoms with Gasteiger partial charge in [-0.3, -0.25) is 9.59 Å². The van der Waals surface area contributed by atoms with Crippen molar-refractivity contribution in [1.29, 1.82) is 0 Å². The molecule has 0 aromatic heterocycles. The zero-order valence-electron chi connectivity index (χ0n) is 12.1. The highest BCUT2D eigenvalue weighted by Gasteiger charge is 2.36. The fraction of sp³-hybridized carbons (Fsp3) is 0.500. The largest absolute Gasteiger partial charge is 0.310 e. The summed E-state index contributed by atoms with van der Waals surface area (Å²) in [4.78, 5) is 26.4. The van der Waals surface area contributed by atoms with Gasteiger partial charge in [0, 0.05) is 12.5 Å². The lowest BCUT2D eigenvalue weighted by Crippen LogP contribution is -2.45. The number of hydrogen-bond acceptors (Lipinski definition) is 2. The van der Waals surface area contributed by atoms with E-state index in [-0.39, 0.29) is 17.6 Å². The normalized spacial score (nSPS) is 19.6. The van der Waals surface area contributed by atoms with Gasteiger partial charge in [-0.2, -0.15) is 0 Å². The summed E-state index contributed by atoms with van der Waals surface area (Å²) < 4.78 is 0. The van der Waals surface area contributed by atoms with E-state index in [1.165, 1.54) is 0 Å². The smallest absolute Gasteiger partial charge is 0.237 e. The maximum Gasteiger partial charge on any atom is 0.237 e. The molecule has 0 spiro atoms. The maximum atomic E-state index is 12.6. The van der Waals surface area contributed by atoms with Crippen molar-refractivity contribution in [2.24, 2.45) is 11.8 Å². The Morgan fingerprint density at radius 1 is 1.40 bits per heavy atom. The number of Topliss-reactive ketones (excluding diaryl/α,β-unsaturated/α-hetero) is 1. The summed E-state index contributed by atoms with van der Waals surface area (Å²) in [6, 6.07) is 5.62. The van der Waals surface area contributed by atoms with Crippen LogP contribution in [0.2, 0.25) is 5.02 Å². The van der Waals surface area contributed by atoms with E-state index in [0.717, 1.165) is 17.7 Å². The van der Waals surface area contributed by atoms with Crippen molar-refractivity contribution in [3.8, 4) is 0 Å². The molecule has 1 unspecified atom stereocenters. The molecule has 3 nitrogen and oxygen atoms in total. The molecule has 1 amide bonds. The molecule has 1 aliphatic rings. The number of benzene rings is 1. The van der Waals surface area contributed by atoms with Gasteiger partial charge in [-0.15, -0.1) is 0 Å². The standard InChI is InChI=1S/C16H20ClNO2/c1-10(2)15(19)12-5-4-8-18(16(12)20)14-9-11(3)6-7-13(14)17/h6-7,9-10,12H,4-5,8H2,1-3H3. The molecule has 4 heteroatoms. The van der Waals surface area contributed by atoms with Gasteiger partial charge >= 0.3 is 0 Å². The van der Waals surface area contributed by atoms with Crippen LogP contribution >= 0.6 is 11.6 Å². The number of carbonyl (C=O) groups is 2. The van der Waals surface area contributed by atoms with E-state index in [0.29, 0.717) is 18.0 Å². The number of anilines is 1. The molecule has 1 fully saturated rings. The number of rotatable bonds is 3. The van der Waals surface area contributed by atoms with Gasteiger partial charge in [0.2, 0.25) is 5.91 Å². The highest BCUT2D eigenvalue weighted by molar-refractivity contribution is 6.34. The lowest BCUT2D eigenvalue weighted by molar-refractivity contribution is -0.135. The Kier molecular flexibility index (Phi) is 4.48. The van der Waals surface area contributed by atoms with Crippen LogP contribution in [0.4, 0.5) is 5.69 Å². The van der Waals surface area contributed by atoms with Crippen molar-refractivity contribution in [2.45, 2.75) is 33.6 Å². The van der Waals surface area contributed by atoms with Crippen LogP contribution in [0.1, 0.15) is 32.3 Å². The summed E-state index contributed by atoms with van der Waals surface area (Å²) in [5, 5.41) is 0.557. The predicted molar refractivity (Wildman–Crippen MR) is 81.1 cm³/mol. The second-order valence-corrected chi connectivity index (χ2v) is 6.10. The molecule has 1 aromatic rings. The Morgan fingerprint density at radius 3 is 2.75 bits per heavy atom. The van der Waals surface area contributed by atoms with Crippen LogP contribution in [0.15, 0.2) is 18.2 Å². The van der Waals surface area contributed by atoms with Crippen LogP contribution in [0.3, 0.4) is 0 Å². The third-order valence-corrected chi connectivity index (χ3v) is 4.06. The minimum absolute atomic E-state index is 0.0310. The fourth-order valence-electron chi connectivity index (χ4n) is 2.61. The summed E-state index contributed by atoms with van der Waals surface area (Å²) >= 11 is 6.21. The van der Waals surface area contributed by atoms with E-state index in [2.05, 4.69) is 0 Å². The number of ketones is 1. The van der Waals surface area contributed by atoms with Crippen LogP contribution in [0.5, 0.6) is 0 Å². The second kappa shape index (κ2) is 5.96. The monoisotopic (exact) mass is 293 g/mol. The Hall–Kier alpha value is -1.35. The SMILES string of the molecule is Cc1ccc(Cl)c(N2CCCC(C(=O)C(C)C)C2=O)c1. The first-order valence-corrected chi connectivity index (χ1v) is 7.41. The predicted octanol–water partition coefficient (Wildman–Crippen LogP) is 3.62. The van der Waals surface area contributed by atoms with Gasteiger partial charge in [-0.05, 0) is 37.5 Å². The molecule has 2 rings (SSSR count). The topological polar surface area (TPSA) is 37.4 Å². The molecule has 108 valence electrons. The first-order valence-electron chi connectivity index (χ1n) is 7.03. The molecule has 0 N–H and O–H groups in total. The van der Waals surface area contributed by atoms with Crippen molar-refractivity contribution >= 4 is 29.0 Å². The molecular weight excluding hydrogens is 274 g/mol. The third-order valence-electron chi connectivity index (χ3n) is 3.74. The summed E-state index contributed by atoms with van der Waals surface area (Å²) in [7, 11) is 0. The first-order chi connectivity index (χ1) is 9.41. The highest BCUT2D eigenvalue weighted by Crippen LogP contribution is 2.32. The highest BCUT2D eigenvalue weighted by atomic mass is 35.5. The van der Waals surface area contributed by atoms with E-state index < -0.39 is 5.92 Å². The molecule has 1 saturated heterocycles. The van der Waals surface area contributed by atoms with Gasteiger partial charge in [0.05, 0.1) is 16.6 Å². The van der Waals surface area contributed by atoms with Crippen LogP contribution < -0.4 is 4.90 Å². The molecule has 0 saturated carbocycles. The second-order valence-electron chi connectivity index (χ2n) is 5.70. The average Bonchev–Trinajstić information content (AvgIpc) is 2.41. The van der Waals surface area contributed by atoms with Crippen LogP contribution in [0.25, 0.3) is 0 Å². The number of aryl methyl sites for hydroxylation is 1. The Labute approximate surface area is 124 Å². The zero-order valence-corrected chi connectivity index (χ0v) is 12.9. The van der Waals surface area contributed by atoms with Gasteiger partial charge in [-0.1, -0.05) is 31.5 Å². The van der Waals surface area contributed by atoms with E-state index in [1.807, 2.05) is 32.9 Å². The number of carbonyl (C=O) groups excluding carboxylic acids is 2. The zero-order chi connectivity index (χ0) is 14.9. The Balaban J connectivity index is 2.31. The van der Waals surface area contributed by atoms with Gasteiger partial charge in [0.25, 0.3) is 0 Å². The maximum absolute atomic E-state index is 12.6. The molecule has 20 heavy (non-hydrogen) atoms. The lowest BCUT2D eigenvalue weighted by atomic mass is 9.87. The summed E-state index contributed by atoms with van der Waals surface area (Å²) in [6.07, 6.45) is 1.48. The quantitative estimate of drug-likeness (QED) is 0.798. The van der Waals surface area contributed by atoms with Crippen LogP contribution in [-0.2, 0) is 9.59 Å². The third kappa shape index (κ3) is 2.88. The molecule has 0 aliphatic carbocycles. The van der Waals surface area contributed by atoms with Gasteiger partial charge < -0.3 is 4.90 Å². The number of amides is 1. The summed E-state index contributed by atoms with van der Waals surface area (Å²) in [5.41, 5.74) is 1.77. The minimum atomic E-state index is -0.514.